The van der Waals surface area contributed by atoms with E-state index in [0.717, 1.165) is 25.7 Å². The van der Waals surface area contributed by atoms with Crippen molar-refractivity contribution in [2.24, 2.45) is 0 Å². The average molecular weight is 511 g/mol. The summed E-state index contributed by atoms with van der Waals surface area (Å²) in [6.45, 7) is 22.5. The van der Waals surface area contributed by atoms with Gasteiger partial charge in [0.25, 0.3) is 0 Å². The quantitative estimate of drug-likeness (QED) is 0.209. The third-order valence-corrected chi connectivity index (χ3v) is 8.30. The predicted molar refractivity (Wildman–Crippen MR) is 171 cm³/mol. The summed E-state index contributed by atoms with van der Waals surface area (Å²) in [5.74, 6) is 0.590. The van der Waals surface area contributed by atoms with E-state index in [1.807, 2.05) is 0 Å². The van der Waals surface area contributed by atoms with Gasteiger partial charge in [0.05, 0.1) is 0 Å². The summed E-state index contributed by atoms with van der Waals surface area (Å²) in [5.41, 5.74) is 14.3. The van der Waals surface area contributed by atoms with Gasteiger partial charge in [-0.2, -0.15) is 0 Å². The molecular weight excluding hydrogens is 456 g/mol. The van der Waals surface area contributed by atoms with Crippen LogP contribution in [0.3, 0.4) is 0 Å². The van der Waals surface area contributed by atoms with Crippen LogP contribution in [-0.2, 0) is 12.8 Å². The maximum atomic E-state index is 4.48. The Bertz CT molecular complexity index is 1120. The molecule has 0 N–H and O–H groups in total. The normalized spacial score (nSPS) is 13.6. The van der Waals surface area contributed by atoms with Crippen LogP contribution in [0.15, 0.2) is 83.5 Å². The Labute approximate surface area is 235 Å². The Morgan fingerprint density at radius 3 is 2.21 bits per heavy atom. The number of benzene rings is 2. The molecule has 1 unspecified atom stereocenters. The van der Waals surface area contributed by atoms with Crippen molar-refractivity contribution in [3.8, 4) is 0 Å². The minimum absolute atomic E-state index is 0.590. The Kier molecular flexibility index (Phi) is 13.6. The van der Waals surface area contributed by atoms with Gasteiger partial charge in [0.1, 0.15) is 0 Å². The van der Waals surface area contributed by atoms with Crippen molar-refractivity contribution in [2.75, 3.05) is 0 Å². The summed E-state index contributed by atoms with van der Waals surface area (Å²) in [6, 6.07) is 13.6. The molecule has 0 aliphatic heterocycles. The highest BCUT2D eigenvalue weighted by Crippen LogP contribution is 2.32. The highest BCUT2D eigenvalue weighted by atomic mass is 14.2. The van der Waals surface area contributed by atoms with Crippen molar-refractivity contribution in [1.82, 2.24) is 0 Å². The minimum atomic E-state index is 0.590. The van der Waals surface area contributed by atoms with Crippen LogP contribution in [0.2, 0.25) is 0 Å². The molecule has 0 aromatic heterocycles. The fourth-order valence-corrected chi connectivity index (χ4v) is 5.46. The van der Waals surface area contributed by atoms with E-state index >= 15 is 0 Å². The second-order valence-corrected chi connectivity index (χ2v) is 11.3. The van der Waals surface area contributed by atoms with Gasteiger partial charge in [-0.3, -0.25) is 0 Å². The third-order valence-electron chi connectivity index (χ3n) is 8.30. The standard InChI is InChI=1S/C38H54/c1-10-13-19-36-26-23-30(6)33(9)38(36)32(8)17-15-20-37(29(5)11-2)27-35(12-3)31(7)16-14-18-34-24-21-28(4)22-25-34/h11-12,21-27,32H,7,10,13-20H2,1-6,8-9H3. The lowest BCUT2D eigenvalue weighted by atomic mass is 9.84. The summed E-state index contributed by atoms with van der Waals surface area (Å²) < 4.78 is 0. The van der Waals surface area contributed by atoms with Gasteiger partial charge in [0.2, 0.25) is 0 Å². The zero-order valence-corrected chi connectivity index (χ0v) is 25.8. The largest absolute Gasteiger partial charge is 0.0952 e. The molecule has 0 heterocycles. The van der Waals surface area contributed by atoms with Gasteiger partial charge >= 0.3 is 0 Å². The van der Waals surface area contributed by atoms with Gasteiger partial charge in [0, 0.05) is 0 Å². The number of aryl methyl sites for hydroxylation is 4. The molecule has 1 atom stereocenters. The van der Waals surface area contributed by atoms with Crippen LogP contribution in [0.1, 0.15) is 119 Å². The highest BCUT2D eigenvalue weighted by Gasteiger charge is 2.15. The number of allylic oxidation sites excluding steroid dienone is 7. The lowest BCUT2D eigenvalue weighted by Crippen LogP contribution is -2.05. The van der Waals surface area contributed by atoms with E-state index in [-0.39, 0.29) is 0 Å². The molecule has 206 valence electrons. The first-order valence-corrected chi connectivity index (χ1v) is 15.0. The predicted octanol–water partition coefficient (Wildman–Crippen LogP) is 11.6. The van der Waals surface area contributed by atoms with Crippen LogP contribution in [0, 0.1) is 20.8 Å². The molecule has 0 aliphatic carbocycles. The topological polar surface area (TPSA) is 0 Å². The van der Waals surface area contributed by atoms with Crippen molar-refractivity contribution >= 4 is 0 Å². The van der Waals surface area contributed by atoms with E-state index < -0.39 is 0 Å². The molecule has 0 spiro atoms. The number of unbranched alkanes of at least 4 members (excludes halogenated alkanes) is 1. The van der Waals surface area contributed by atoms with Crippen LogP contribution < -0.4 is 0 Å². The molecule has 0 fully saturated rings. The molecule has 2 aromatic rings. The maximum Gasteiger partial charge on any atom is -0.0185 e. The van der Waals surface area contributed by atoms with Crippen LogP contribution in [0.25, 0.3) is 0 Å². The van der Waals surface area contributed by atoms with Gasteiger partial charge in [0.15, 0.2) is 0 Å². The second kappa shape index (κ2) is 16.4. The van der Waals surface area contributed by atoms with Crippen LogP contribution >= 0.6 is 0 Å². The van der Waals surface area contributed by atoms with Crippen molar-refractivity contribution in [3.05, 3.63) is 117 Å². The zero-order valence-electron chi connectivity index (χ0n) is 25.8. The molecule has 0 aliphatic rings. The van der Waals surface area contributed by atoms with E-state index in [1.165, 1.54) is 76.7 Å². The number of hydrogen-bond donors (Lipinski definition) is 0. The monoisotopic (exact) mass is 510 g/mol. The second-order valence-electron chi connectivity index (χ2n) is 11.3. The van der Waals surface area contributed by atoms with Crippen molar-refractivity contribution in [2.45, 2.75) is 119 Å². The van der Waals surface area contributed by atoms with E-state index in [0.29, 0.717) is 5.92 Å². The Morgan fingerprint density at radius 1 is 0.868 bits per heavy atom. The van der Waals surface area contributed by atoms with E-state index in [2.05, 4.69) is 117 Å². The van der Waals surface area contributed by atoms with E-state index in [4.69, 9.17) is 0 Å². The minimum Gasteiger partial charge on any atom is -0.0952 e. The Hall–Kier alpha value is -2.60. The molecule has 2 rings (SSSR count). The molecule has 0 bridgehead atoms. The van der Waals surface area contributed by atoms with Crippen LogP contribution in [0.5, 0.6) is 0 Å². The summed E-state index contributed by atoms with van der Waals surface area (Å²) in [5, 5.41) is 0. The molecule has 2 aromatic carbocycles. The summed E-state index contributed by atoms with van der Waals surface area (Å²) >= 11 is 0. The lowest BCUT2D eigenvalue weighted by molar-refractivity contribution is 0.621. The molecule has 0 saturated heterocycles. The Balaban J connectivity index is 2.05. The maximum absolute atomic E-state index is 4.48. The first-order chi connectivity index (χ1) is 18.2. The van der Waals surface area contributed by atoms with Gasteiger partial charge in [-0.1, -0.05) is 92.6 Å². The summed E-state index contributed by atoms with van der Waals surface area (Å²) in [7, 11) is 0. The highest BCUT2D eigenvalue weighted by molar-refractivity contribution is 5.45. The van der Waals surface area contributed by atoms with Crippen molar-refractivity contribution in [3.63, 3.8) is 0 Å². The van der Waals surface area contributed by atoms with Crippen LogP contribution in [-0.4, -0.2) is 0 Å². The fraction of sp³-hybridized carbons (Fsp3) is 0.474. The molecule has 0 heteroatoms. The Morgan fingerprint density at radius 2 is 1.58 bits per heavy atom. The molecule has 0 amide bonds. The van der Waals surface area contributed by atoms with Crippen molar-refractivity contribution in [1.29, 1.82) is 0 Å². The molecule has 38 heavy (non-hydrogen) atoms. The third kappa shape index (κ3) is 9.61. The lowest BCUT2D eigenvalue weighted by Gasteiger charge is -2.21. The van der Waals surface area contributed by atoms with Gasteiger partial charge < -0.3 is 0 Å². The molecule has 0 saturated carbocycles. The molecule has 0 nitrogen and oxygen atoms in total. The number of hydrogen-bond acceptors (Lipinski definition) is 0. The smallest absolute Gasteiger partial charge is 0.0185 e. The zero-order chi connectivity index (χ0) is 28.1. The number of rotatable bonds is 15. The molecular formula is C38H54. The summed E-state index contributed by atoms with van der Waals surface area (Å²) in [4.78, 5) is 0. The van der Waals surface area contributed by atoms with E-state index in [1.54, 1.807) is 11.1 Å². The molecule has 0 radical (unpaired) electrons. The fourth-order valence-electron chi connectivity index (χ4n) is 5.46. The summed E-state index contributed by atoms with van der Waals surface area (Å²) in [6.07, 6.45) is 17.5. The van der Waals surface area contributed by atoms with Crippen LogP contribution in [0.4, 0.5) is 0 Å². The SMILES string of the molecule is C=C(CCCc1ccc(C)cc1)C(=CC)C=C(CCCC(C)c1c(CCCC)ccc(C)c1C)C(C)=CC. The van der Waals surface area contributed by atoms with E-state index in [9.17, 15) is 0 Å². The van der Waals surface area contributed by atoms with Gasteiger partial charge in [-0.25, -0.2) is 0 Å². The van der Waals surface area contributed by atoms with Crippen molar-refractivity contribution < 1.29 is 0 Å². The first-order valence-electron chi connectivity index (χ1n) is 15.0. The van der Waals surface area contributed by atoms with Gasteiger partial charge in [-0.05, 0) is 143 Å². The first kappa shape index (κ1) is 31.6. The van der Waals surface area contributed by atoms with Gasteiger partial charge in [-0.15, -0.1) is 0 Å². The average Bonchev–Trinajstić information content (AvgIpc) is 2.91.